The first-order valence-electron chi connectivity index (χ1n) is 12.3. The van der Waals surface area contributed by atoms with Crippen molar-refractivity contribution in [1.29, 1.82) is 0 Å². The van der Waals surface area contributed by atoms with E-state index in [1.165, 1.54) is 11.3 Å². The van der Waals surface area contributed by atoms with Crippen LogP contribution in [-0.4, -0.2) is 41.8 Å². The first kappa shape index (κ1) is 26.9. The second-order valence-electron chi connectivity index (χ2n) is 8.79. The van der Waals surface area contributed by atoms with E-state index in [9.17, 15) is 14.4 Å². The lowest BCUT2D eigenvalue weighted by Gasteiger charge is -2.31. The summed E-state index contributed by atoms with van der Waals surface area (Å²) in [4.78, 5) is 46.8. The van der Waals surface area contributed by atoms with Gasteiger partial charge >= 0.3 is 11.9 Å². The van der Waals surface area contributed by atoms with Gasteiger partial charge in [0.15, 0.2) is 0 Å². The smallest absolute Gasteiger partial charge is 0.336 e. The SMILES string of the molecule is CCOC(=O)C1=C(C)N=C(C)C(C(=O)OCC)C1c1cccc(-c2nc(-c3ccc(C(N)=O)cc3)cs2)c1. The van der Waals surface area contributed by atoms with Crippen LogP contribution in [0.1, 0.15) is 49.5 Å². The molecule has 1 aliphatic heterocycles. The van der Waals surface area contributed by atoms with Crippen molar-refractivity contribution in [3.05, 3.63) is 76.3 Å². The van der Waals surface area contributed by atoms with Gasteiger partial charge in [0.2, 0.25) is 5.91 Å². The van der Waals surface area contributed by atoms with E-state index < -0.39 is 29.7 Å². The highest BCUT2D eigenvalue weighted by Gasteiger charge is 2.42. The van der Waals surface area contributed by atoms with Gasteiger partial charge in [-0.15, -0.1) is 11.3 Å². The van der Waals surface area contributed by atoms with Gasteiger partial charge in [-0.25, -0.2) is 9.78 Å². The number of aliphatic imine (C=N–C) groups is 1. The summed E-state index contributed by atoms with van der Waals surface area (Å²) >= 11 is 1.47. The van der Waals surface area contributed by atoms with Gasteiger partial charge in [-0.1, -0.05) is 30.3 Å². The van der Waals surface area contributed by atoms with Crippen molar-refractivity contribution in [2.24, 2.45) is 16.6 Å². The van der Waals surface area contributed by atoms with Crippen LogP contribution in [0.25, 0.3) is 21.8 Å². The predicted octanol–water partition coefficient (Wildman–Crippen LogP) is 5.15. The number of nitrogens with two attached hydrogens (primary N) is 1. The third-order valence-electron chi connectivity index (χ3n) is 6.33. The Morgan fingerprint density at radius 2 is 1.68 bits per heavy atom. The van der Waals surface area contributed by atoms with Crippen LogP contribution in [0.5, 0.6) is 0 Å². The molecular weight excluding hydrogens is 502 g/mol. The average Bonchev–Trinajstić information content (AvgIpc) is 3.39. The minimum Gasteiger partial charge on any atom is -0.465 e. The Labute approximate surface area is 225 Å². The summed E-state index contributed by atoms with van der Waals surface area (Å²) in [6.07, 6.45) is 0. The molecule has 0 bridgehead atoms. The molecule has 4 rings (SSSR count). The van der Waals surface area contributed by atoms with E-state index in [1.807, 2.05) is 41.8 Å². The summed E-state index contributed by atoms with van der Waals surface area (Å²) in [5, 5.41) is 2.71. The van der Waals surface area contributed by atoms with Crippen molar-refractivity contribution < 1.29 is 23.9 Å². The van der Waals surface area contributed by atoms with Gasteiger partial charge < -0.3 is 15.2 Å². The standard InChI is InChI=1S/C29H29N3O5S/c1-5-36-28(34)23-16(3)31-17(4)24(29(35)37-6-2)25(23)20-8-7-9-21(14-20)27-32-22(15-38-27)18-10-12-19(13-11-18)26(30)33/h7-15,23,25H,5-6H2,1-4H3,(H2,30,33). The lowest BCUT2D eigenvalue weighted by Crippen LogP contribution is -2.36. The summed E-state index contributed by atoms with van der Waals surface area (Å²) in [7, 11) is 0. The van der Waals surface area contributed by atoms with Crippen molar-refractivity contribution in [3.63, 3.8) is 0 Å². The van der Waals surface area contributed by atoms with Crippen LogP contribution < -0.4 is 5.73 Å². The molecular formula is C29H29N3O5S. The Balaban J connectivity index is 1.75. The Morgan fingerprint density at radius 1 is 0.974 bits per heavy atom. The second-order valence-corrected chi connectivity index (χ2v) is 9.64. The molecule has 2 aromatic carbocycles. The average molecular weight is 532 g/mol. The predicted molar refractivity (Wildman–Crippen MR) is 147 cm³/mol. The number of carbonyl (C=O) groups excluding carboxylic acids is 3. The molecule has 196 valence electrons. The molecule has 3 aromatic rings. The van der Waals surface area contributed by atoms with Crippen molar-refractivity contribution in [2.75, 3.05) is 13.2 Å². The lowest BCUT2D eigenvalue weighted by atomic mass is 9.75. The molecule has 2 heterocycles. The van der Waals surface area contributed by atoms with Gasteiger partial charge in [-0.2, -0.15) is 0 Å². The fourth-order valence-corrected chi connectivity index (χ4v) is 5.44. The van der Waals surface area contributed by atoms with Gasteiger partial charge in [-0.05, 0) is 51.5 Å². The molecule has 9 heteroatoms. The number of amides is 1. The minimum atomic E-state index is -0.760. The molecule has 2 N–H and O–H groups in total. The molecule has 1 amide bonds. The molecule has 0 saturated heterocycles. The molecule has 38 heavy (non-hydrogen) atoms. The number of esters is 2. The summed E-state index contributed by atoms with van der Waals surface area (Å²) in [5.41, 5.74) is 10.5. The number of hydrogen-bond acceptors (Lipinski definition) is 8. The highest BCUT2D eigenvalue weighted by atomic mass is 32.1. The maximum absolute atomic E-state index is 13.1. The number of nitrogens with zero attached hydrogens (tertiary/aromatic N) is 2. The molecule has 0 radical (unpaired) electrons. The number of primary amides is 1. The number of carbonyl (C=O) groups is 3. The summed E-state index contributed by atoms with van der Waals surface area (Å²) in [5.74, 6) is -2.80. The molecule has 0 spiro atoms. The fourth-order valence-electron chi connectivity index (χ4n) is 4.62. The van der Waals surface area contributed by atoms with E-state index in [2.05, 4.69) is 4.99 Å². The third kappa shape index (κ3) is 5.43. The molecule has 1 aliphatic rings. The number of hydrogen-bond donors (Lipinski definition) is 1. The van der Waals surface area contributed by atoms with Crippen LogP contribution in [0.15, 0.2) is 70.2 Å². The number of ether oxygens (including phenoxy) is 2. The Morgan fingerprint density at radius 3 is 2.34 bits per heavy atom. The molecule has 2 unspecified atom stereocenters. The zero-order valence-electron chi connectivity index (χ0n) is 21.7. The maximum atomic E-state index is 13.1. The van der Waals surface area contributed by atoms with Gasteiger partial charge in [0, 0.05) is 39.4 Å². The van der Waals surface area contributed by atoms with Crippen molar-refractivity contribution in [1.82, 2.24) is 4.98 Å². The summed E-state index contributed by atoms with van der Waals surface area (Å²) in [6.45, 7) is 7.44. The molecule has 0 aliphatic carbocycles. The molecule has 8 nitrogen and oxygen atoms in total. The van der Waals surface area contributed by atoms with E-state index in [-0.39, 0.29) is 13.2 Å². The maximum Gasteiger partial charge on any atom is 0.336 e. The third-order valence-corrected chi connectivity index (χ3v) is 7.22. The largest absolute Gasteiger partial charge is 0.465 e. The number of thiazole rings is 1. The Bertz CT molecular complexity index is 1440. The van der Waals surface area contributed by atoms with E-state index in [4.69, 9.17) is 20.2 Å². The van der Waals surface area contributed by atoms with E-state index in [0.717, 1.165) is 27.4 Å². The minimum absolute atomic E-state index is 0.206. The number of aromatic nitrogens is 1. The quantitative estimate of drug-likeness (QED) is 0.401. The molecule has 2 atom stereocenters. The van der Waals surface area contributed by atoms with E-state index in [0.29, 0.717) is 22.5 Å². The molecule has 0 fully saturated rings. The lowest BCUT2D eigenvalue weighted by molar-refractivity contribution is -0.146. The van der Waals surface area contributed by atoms with Gasteiger partial charge in [0.1, 0.15) is 10.9 Å². The van der Waals surface area contributed by atoms with Crippen LogP contribution in [0.4, 0.5) is 0 Å². The zero-order chi connectivity index (χ0) is 27.4. The van der Waals surface area contributed by atoms with Crippen molar-refractivity contribution >= 4 is 34.9 Å². The number of benzene rings is 2. The van der Waals surface area contributed by atoms with E-state index in [1.54, 1.807) is 39.8 Å². The number of allylic oxidation sites excluding steroid dienone is 1. The highest BCUT2D eigenvalue weighted by molar-refractivity contribution is 7.13. The summed E-state index contributed by atoms with van der Waals surface area (Å²) in [6, 6.07) is 14.6. The summed E-state index contributed by atoms with van der Waals surface area (Å²) < 4.78 is 10.7. The van der Waals surface area contributed by atoms with Crippen LogP contribution in [-0.2, 0) is 19.1 Å². The first-order chi connectivity index (χ1) is 18.2. The number of rotatable bonds is 8. The zero-order valence-corrected chi connectivity index (χ0v) is 22.5. The normalized spacial score (nSPS) is 17.1. The topological polar surface area (TPSA) is 121 Å². The monoisotopic (exact) mass is 531 g/mol. The highest BCUT2D eigenvalue weighted by Crippen LogP contribution is 2.41. The van der Waals surface area contributed by atoms with Crippen LogP contribution in [0.3, 0.4) is 0 Å². The van der Waals surface area contributed by atoms with Crippen molar-refractivity contribution in [3.8, 4) is 21.8 Å². The Kier molecular flexibility index (Phi) is 8.16. The van der Waals surface area contributed by atoms with E-state index >= 15 is 0 Å². The van der Waals surface area contributed by atoms with Crippen molar-refractivity contribution in [2.45, 2.75) is 33.6 Å². The first-order valence-corrected chi connectivity index (χ1v) is 13.2. The second kappa shape index (κ2) is 11.5. The van der Waals surface area contributed by atoms with Gasteiger partial charge in [-0.3, -0.25) is 14.6 Å². The molecule has 0 saturated carbocycles. The van der Waals surface area contributed by atoms with Crippen LogP contribution >= 0.6 is 11.3 Å². The van der Waals surface area contributed by atoms with Crippen LogP contribution in [0.2, 0.25) is 0 Å². The molecule has 1 aromatic heterocycles. The fraction of sp³-hybridized carbons (Fsp3) is 0.276. The Hall–Kier alpha value is -4.11. The van der Waals surface area contributed by atoms with Crippen LogP contribution in [0, 0.1) is 5.92 Å². The van der Waals surface area contributed by atoms with Gasteiger partial charge in [0.05, 0.1) is 24.5 Å². The van der Waals surface area contributed by atoms with Gasteiger partial charge in [0.25, 0.3) is 0 Å².